The lowest BCUT2D eigenvalue weighted by Crippen LogP contribution is -2.14. The second kappa shape index (κ2) is 6.89. The maximum absolute atomic E-state index is 12.4. The fourth-order valence-corrected chi connectivity index (χ4v) is 3.96. The molecule has 3 heterocycles. The number of para-hydroxylation sites is 1. The van der Waals surface area contributed by atoms with Gasteiger partial charge in [0, 0.05) is 27.8 Å². The van der Waals surface area contributed by atoms with Crippen LogP contribution in [-0.2, 0) is 4.79 Å². The molecule has 0 saturated heterocycles. The van der Waals surface area contributed by atoms with Crippen LogP contribution in [0.15, 0.2) is 58.1 Å². The number of fused-ring (bicyclic) bond motifs is 4. The summed E-state index contributed by atoms with van der Waals surface area (Å²) in [6.45, 7) is 3.87. The average molecular weight is 403 g/mol. The summed E-state index contributed by atoms with van der Waals surface area (Å²) in [4.78, 5) is 21.2. The highest BCUT2D eigenvalue weighted by molar-refractivity contribution is 7.99. The van der Waals surface area contributed by atoms with Crippen molar-refractivity contribution in [1.82, 2.24) is 19.6 Å². The average Bonchev–Trinajstić information content (AvgIpc) is 3.27. The van der Waals surface area contributed by atoms with E-state index in [0.29, 0.717) is 10.9 Å². The lowest BCUT2D eigenvalue weighted by molar-refractivity contribution is -0.113. The molecule has 2 aromatic carbocycles. The fraction of sp³-hybridized carbons (Fsp3) is 0.143. The van der Waals surface area contributed by atoms with E-state index in [-0.39, 0.29) is 11.7 Å². The van der Waals surface area contributed by atoms with Gasteiger partial charge in [-0.3, -0.25) is 4.79 Å². The largest absolute Gasteiger partial charge is 0.456 e. The van der Waals surface area contributed by atoms with E-state index in [1.165, 1.54) is 11.8 Å². The first-order valence-corrected chi connectivity index (χ1v) is 10.1. The molecule has 7 nitrogen and oxygen atoms in total. The van der Waals surface area contributed by atoms with Gasteiger partial charge in [0.2, 0.25) is 11.1 Å². The number of aryl methyl sites for hydroxylation is 2. The van der Waals surface area contributed by atoms with E-state index < -0.39 is 0 Å². The van der Waals surface area contributed by atoms with E-state index in [2.05, 4.69) is 20.4 Å². The highest BCUT2D eigenvalue weighted by atomic mass is 32.2. The third-order valence-corrected chi connectivity index (χ3v) is 5.43. The number of carbonyl (C=O) groups is 1. The Hall–Kier alpha value is -3.39. The molecule has 0 spiro atoms. The van der Waals surface area contributed by atoms with E-state index in [9.17, 15) is 4.79 Å². The summed E-state index contributed by atoms with van der Waals surface area (Å²) in [5.74, 6) is 0.628. The van der Waals surface area contributed by atoms with Gasteiger partial charge >= 0.3 is 0 Å². The number of nitrogens with zero attached hydrogens (tertiary/aromatic N) is 4. The molecule has 0 aliphatic carbocycles. The van der Waals surface area contributed by atoms with E-state index in [1.807, 2.05) is 62.4 Å². The van der Waals surface area contributed by atoms with Crippen molar-refractivity contribution >= 4 is 51.1 Å². The molecule has 144 valence electrons. The zero-order chi connectivity index (χ0) is 20.0. The molecule has 0 unspecified atom stereocenters. The van der Waals surface area contributed by atoms with Gasteiger partial charge in [0.25, 0.3) is 5.78 Å². The number of rotatable bonds is 4. The molecule has 1 N–H and O–H groups in total. The molecular formula is C21H17N5O2S. The van der Waals surface area contributed by atoms with Gasteiger partial charge < -0.3 is 9.73 Å². The van der Waals surface area contributed by atoms with Crippen molar-refractivity contribution in [1.29, 1.82) is 0 Å². The summed E-state index contributed by atoms with van der Waals surface area (Å²) in [5.41, 5.74) is 4.20. The molecular weight excluding hydrogens is 386 g/mol. The summed E-state index contributed by atoms with van der Waals surface area (Å²) >= 11 is 1.28. The molecule has 0 aliphatic heterocycles. The Morgan fingerprint density at radius 1 is 1.07 bits per heavy atom. The standard InChI is InChI=1S/C21H17N5O2S/c1-12-9-13(2)26-20(22-12)24-21(25-26)29-11-19(27)23-14-7-8-18-16(10-14)15-5-3-4-6-17(15)28-18/h3-10H,11H2,1-2H3,(H,23,27). The Morgan fingerprint density at radius 3 is 2.79 bits per heavy atom. The number of furan rings is 1. The fourth-order valence-electron chi connectivity index (χ4n) is 3.34. The van der Waals surface area contributed by atoms with Gasteiger partial charge in [-0.15, -0.1) is 5.10 Å². The highest BCUT2D eigenvalue weighted by Crippen LogP contribution is 2.30. The van der Waals surface area contributed by atoms with Crippen molar-refractivity contribution < 1.29 is 9.21 Å². The Balaban J connectivity index is 1.32. The molecule has 5 rings (SSSR count). The van der Waals surface area contributed by atoms with Crippen LogP contribution in [0.2, 0.25) is 0 Å². The van der Waals surface area contributed by atoms with E-state index in [1.54, 1.807) is 4.52 Å². The topological polar surface area (TPSA) is 85.3 Å². The molecule has 0 radical (unpaired) electrons. The summed E-state index contributed by atoms with van der Waals surface area (Å²) < 4.78 is 7.51. The van der Waals surface area contributed by atoms with Crippen LogP contribution in [0.25, 0.3) is 27.7 Å². The summed E-state index contributed by atoms with van der Waals surface area (Å²) in [6.07, 6.45) is 0. The molecule has 29 heavy (non-hydrogen) atoms. The predicted molar refractivity (Wildman–Crippen MR) is 113 cm³/mol. The third-order valence-electron chi connectivity index (χ3n) is 4.59. The van der Waals surface area contributed by atoms with Gasteiger partial charge in [0.15, 0.2) is 0 Å². The molecule has 3 aromatic heterocycles. The second-order valence-corrected chi connectivity index (χ2v) is 7.73. The summed E-state index contributed by atoms with van der Waals surface area (Å²) in [6, 6.07) is 15.4. The lowest BCUT2D eigenvalue weighted by atomic mass is 10.1. The number of hydrogen-bond acceptors (Lipinski definition) is 6. The maximum atomic E-state index is 12.4. The van der Waals surface area contributed by atoms with Crippen molar-refractivity contribution in [2.45, 2.75) is 19.0 Å². The SMILES string of the molecule is Cc1cc(C)n2nc(SCC(=O)Nc3ccc4oc5ccccc5c4c3)nc2n1. The minimum absolute atomic E-state index is 0.123. The van der Waals surface area contributed by atoms with Crippen LogP contribution in [0.3, 0.4) is 0 Å². The number of thioether (sulfide) groups is 1. The first kappa shape index (κ1) is 17.7. The van der Waals surface area contributed by atoms with E-state index in [4.69, 9.17) is 4.42 Å². The van der Waals surface area contributed by atoms with Crippen LogP contribution in [0, 0.1) is 13.8 Å². The first-order valence-electron chi connectivity index (χ1n) is 9.12. The molecule has 8 heteroatoms. The van der Waals surface area contributed by atoms with Gasteiger partial charge in [-0.05, 0) is 44.2 Å². The summed E-state index contributed by atoms with van der Waals surface area (Å²) in [5, 5.41) is 9.88. The number of anilines is 1. The molecule has 0 bridgehead atoms. The molecule has 5 aromatic rings. The molecule has 0 aliphatic rings. The van der Waals surface area contributed by atoms with Crippen molar-refractivity contribution in [2.75, 3.05) is 11.1 Å². The number of aromatic nitrogens is 4. The number of hydrogen-bond donors (Lipinski definition) is 1. The van der Waals surface area contributed by atoms with Crippen molar-refractivity contribution in [3.8, 4) is 0 Å². The van der Waals surface area contributed by atoms with E-state index in [0.717, 1.165) is 39.0 Å². The second-order valence-electron chi connectivity index (χ2n) is 6.79. The number of nitrogens with one attached hydrogen (secondary N) is 1. The van der Waals surface area contributed by atoms with Crippen LogP contribution in [0.4, 0.5) is 5.69 Å². The Labute approximate surface area is 170 Å². The zero-order valence-corrected chi connectivity index (χ0v) is 16.7. The lowest BCUT2D eigenvalue weighted by Gasteiger charge is -2.04. The van der Waals surface area contributed by atoms with Crippen molar-refractivity contribution in [3.63, 3.8) is 0 Å². The highest BCUT2D eigenvalue weighted by Gasteiger charge is 2.12. The smallest absolute Gasteiger partial charge is 0.253 e. The van der Waals surface area contributed by atoms with Crippen LogP contribution in [-0.4, -0.2) is 31.2 Å². The minimum Gasteiger partial charge on any atom is -0.456 e. The van der Waals surface area contributed by atoms with Gasteiger partial charge in [-0.2, -0.15) is 4.98 Å². The molecule has 0 fully saturated rings. The molecule has 0 atom stereocenters. The van der Waals surface area contributed by atoms with Crippen LogP contribution >= 0.6 is 11.8 Å². The zero-order valence-electron chi connectivity index (χ0n) is 15.8. The number of amides is 1. The van der Waals surface area contributed by atoms with E-state index >= 15 is 0 Å². The Morgan fingerprint density at radius 2 is 1.90 bits per heavy atom. The normalized spacial score (nSPS) is 11.5. The van der Waals surface area contributed by atoms with Crippen molar-refractivity contribution in [3.05, 3.63) is 59.9 Å². The number of carbonyl (C=O) groups excluding carboxylic acids is 1. The minimum atomic E-state index is -0.123. The third kappa shape index (κ3) is 3.31. The quantitative estimate of drug-likeness (QED) is 0.449. The van der Waals surface area contributed by atoms with Crippen LogP contribution < -0.4 is 5.32 Å². The maximum Gasteiger partial charge on any atom is 0.253 e. The van der Waals surface area contributed by atoms with Crippen LogP contribution in [0.1, 0.15) is 11.4 Å². The Kier molecular flexibility index (Phi) is 4.21. The monoisotopic (exact) mass is 403 g/mol. The van der Waals surface area contributed by atoms with Crippen molar-refractivity contribution in [2.24, 2.45) is 0 Å². The van der Waals surface area contributed by atoms with Gasteiger partial charge in [0.1, 0.15) is 11.2 Å². The first-order chi connectivity index (χ1) is 14.1. The van der Waals surface area contributed by atoms with Gasteiger partial charge in [-0.25, -0.2) is 9.50 Å². The van der Waals surface area contributed by atoms with Crippen LogP contribution in [0.5, 0.6) is 0 Å². The predicted octanol–water partition coefficient (Wildman–Crippen LogP) is 4.37. The van der Waals surface area contributed by atoms with Gasteiger partial charge in [-0.1, -0.05) is 30.0 Å². The number of benzene rings is 2. The Bertz CT molecular complexity index is 1390. The molecule has 0 saturated carbocycles. The van der Waals surface area contributed by atoms with Gasteiger partial charge in [0.05, 0.1) is 5.75 Å². The summed E-state index contributed by atoms with van der Waals surface area (Å²) in [7, 11) is 0. The molecule has 1 amide bonds.